The molecule has 0 amide bonds. The number of hydrogen-bond donors (Lipinski definition) is 1. The van der Waals surface area contributed by atoms with Gasteiger partial charge in [0.2, 0.25) is 0 Å². The summed E-state index contributed by atoms with van der Waals surface area (Å²) in [6.45, 7) is 5.74. The molecule has 1 aromatic heterocycles. The summed E-state index contributed by atoms with van der Waals surface area (Å²) in [5, 5.41) is 0. The molecule has 1 atom stereocenters. The lowest BCUT2D eigenvalue weighted by Crippen LogP contribution is -2.41. The SMILES string of the molecule is CCN(Cc1ccco1)C(C)C(N)=S. The molecule has 0 saturated carbocycles. The van der Waals surface area contributed by atoms with Crippen molar-refractivity contribution in [2.45, 2.75) is 26.4 Å². The minimum absolute atomic E-state index is 0.111. The van der Waals surface area contributed by atoms with Crippen LogP contribution in [0.4, 0.5) is 0 Å². The predicted octanol–water partition coefficient (Wildman–Crippen LogP) is 1.78. The van der Waals surface area contributed by atoms with E-state index in [-0.39, 0.29) is 6.04 Å². The van der Waals surface area contributed by atoms with Crippen molar-refractivity contribution >= 4 is 17.2 Å². The van der Waals surface area contributed by atoms with E-state index in [0.717, 1.165) is 18.8 Å². The molecule has 0 aromatic carbocycles. The molecule has 78 valence electrons. The lowest BCUT2D eigenvalue weighted by atomic mass is 10.2. The normalized spacial score (nSPS) is 13.1. The first-order valence-corrected chi connectivity index (χ1v) is 5.11. The molecular formula is C10H16N2OS. The van der Waals surface area contributed by atoms with Gasteiger partial charge in [-0.3, -0.25) is 4.90 Å². The van der Waals surface area contributed by atoms with Gasteiger partial charge in [0, 0.05) is 0 Å². The van der Waals surface area contributed by atoms with Crippen molar-refractivity contribution in [2.75, 3.05) is 6.54 Å². The summed E-state index contributed by atoms with van der Waals surface area (Å²) in [5.74, 6) is 0.940. The van der Waals surface area contributed by atoms with Crippen LogP contribution in [0.15, 0.2) is 22.8 Å². The maximum Gasteiger partial charge on any atom is 0.117 e. The van der Waals surface area contributed by atoms with Crippen LogP contribution in [0, 0.1) is 0 Å². The number of nitrogens with two attached hydrogens (primary N) is 1. The van der Waals surface area contributed by atoms with Crippen LogP contribution >= 0.6 is 12.2 Å². The molecule has 0 aliphatic heterocycles. The highest BCUT2D eigenvalue weighted by atomic mass is 32.1. The first-order valence-electron chi connectivity index (χ1n) is 4.71. The molecule has 0 saturated heterocycles. The lowest BCUT2D eigenvalue weighted by Gasteiger charge is -2.25. The second-order valence-electron chi connectivity index (χ2n) is 3.22. The Morgan fingerprint density at radius 1 is 1.71 bits per heavy atom. The van der Waals surface area contributed by atoms with Gasteiger partial charge in [-0.1, -0.05) is 19.1 Å². The van der Waals surface area contributed by atoms with Crippen molar-refractivity contribution in [2.24, 2.45) is 5.73 Å². The Labute approximate surface area is 89.9 Å². The van der Waals surface area contributed by atoms with Crippen molar-refractivity contribution in [1.29, 1.82) is 0 Å². The van der Waals surface area contributed by atoms with E-state index in [1.165, 1.54) is 0 Å². The first kappa shape index (κ1) is 11.2. The summed E-state index contributed by atoms with van der Waals surface area (Å²) in [7, 11) is 0. The second kappa shape index (κ2) is 5.12. The van der Waals surface area contributed by atoms with Gasteiger partial charge in [-0.2, -0.15) is 0 Å². The van der Waals surface area contributed by atoms with Crippen LogP contribution < -0.4 is 5.73 Å². The average molecular weight is 212 g/mol. The molecule has 1 unspecified atom stereocenters. The molecule has 1 aromatic rings. The summed E-state index contributed by atoms with van der Waals surface area (Å²) in [6, 6.07) is 3.95. The maximum atomic E-state index is 5.60. The minimum atomic E-state index is 0.111. The highest BCUT2D eigenvalue weighted by Gasteiger charge is 2.15. The zero-order chi connectivity index (χ0) is 10.6. The molecule has 0 bridgehead atoms. The minimum Gasteiger partial charge on any atom is -0.468 e. The van der Waals surface area contributed by atoms with Gasteiger partial charge in [0.15, 0.2) is 0 Å². The number of furan rings is 1. The van der Waals surface area contributed by atoms with Gasteiger partial charge in [-0.15, -0.1) is 0 Å². The molecule has 1 rings (SSSR count). The van der Waals surface area contributed by atoms with Crippen LogP contribution in [0.3, 0.4) is 0 Å². The number of thiocarbonyl (C=S) groups is 1. The van der Waals surface area contributed by atoms with Gasteiger partial charge in [0.25, 0.3) is 0 Å². The van der Waals surface area contributed by atoms with E-state index in [9.17, 15) is 0 Å². The molecular weight excluding hydrogens is 196 g/mol. The third-order valence-electron chi connectivity index (χ3n) is 2.30. The number of hydrogen-bond acceptors (Lipinski definition) is 3. The highest BCUT2D eigenvalue weighted by molar-refractivity contribution is 7.80. The van der Waals surface area contributed by atoms with Crippen LogP contribution in [-0.2, 0) is 6.54 Å². The zero-order valence-corrected chi connectivity index (χ0v) is 9.38. The number of likely N-dealkylation sites (N-methyl/N-ethyl adjacent to an activating group) is 1. The fourth-order valence-electron chi connectivity index (χ4n) is 1.31. The van der Waals surface area contributed by atoms with Crippen molar-refractivity contribution in [3.05, 3.63) is 24.2 Å². The first-order chi connectivity index (χ1) is 6.65. The molecule has 14 heavy (non-hydrogen) atoms. The van der Waals surface area contributed by atoms with Gasteiger partial charge in [-0.25, -0.2) is 0 Å². The van der Waals surface area contributed by atoms with Crippen molar-refractivity contribution in [3.63, 3.8) is 0 Å². The Morgan fingerprint density at radius 2 is 2.43 bits per heavy atom. The molecule has 0 aliphatic rings. The van der Waals surface area contributed by atoms with Crippen LogP contribution in [0.1, 0.15) is 19.6 Å². The molecule has 0 radical (unpaired) electrons. The van der Waals surface area contributed by atoms with E-state index < -0.39 is 0 Å². The Hall–Kier alpha value is -0.870. The van der Waals surface area contributed by atoms with E-state index in [1.54, 1.807) is 6.26 Å². The van der Waals surface area contributed by atoms with Gasteiger partial charge in [0.1, 0.15) is 5.76 Å². The van der Waals surface area contributed by atoms with Crippen LogP contribution in [-0.4, -0.2) is 22.5 Å². The van der Waals surface area contributed by atoms with E-state index in [1.807, 2.05) is 19.1 Å². The van der Waals surface area contributed by atoms with E-state index >= 15 is 0 Å². The molecule has 1 heterocycles. The van der Waals surface area contributed by atoms with Crippen LogP contribution in [0.25, 0.3) is 0 Å². The maximum absolute atomic E-state index is 5.60. The molecule has 2 N–H and O–H groups in total. The third-order valence-corrected chi connectivity index (χ3v) is 2.65. The fraction of sp³-hybridized carbons (Fsp3) is 0.500. The number of nitrogens with zero attached hydrogens (tertiary/aromatic N) is 1. The van der Waals surface area contributed by atoms with E-state index in [4.69, 9.17) is 22.4 Å². The largest absolute Gasteiger partial charge is 0.468 e. The molecule has 0 fully saturated rings. The summed E-state index contributed by atoms with van der Waals surface area (Å²) in [5.41, 5.74) is 5.60. The van der Waals surface area contributed by atoms with E-state index in [2.05, 4.69) is 11.8 Å². The lowest BCUT2D eigenvalue weighted by molar-refractivity contribution is 0.237. The summed E-state index contributed by atoms with van der Waals surface area (Å²) >= 11 is 4.96. The Kier molecular flexibility index (Phi) is 4.10. The quantitative estimate of drug-likeness (QED) is 0.755. The molecule has 3 nitrogen and oxygen atoms in total. The van der Waals surface area contributed by atoms with Gasteiger partial charge in [-0.05, 0) is 25.6 Å². The summed E-state index contributed by atoms with van der Waals surface area (Å²) in [4.78, 5) is 2.69. The topological polar surface area (TPSA) is 42.4 Å². The monoisotopic (exact) mass is 212 g/mol. The highest BCUT2D eigenvalue weighted by Crippen LogP contribution is 2.08. The average Bonchev–Trinajstić information content (AvgIpc) is 2.65. The summed E-state index contributed by atoms with van der Waals surface area (Å²) in [6.07, 6.45) is 1.68. The Morgan fingerprint density at radius 3 is 2.86 bits per heavy atom. The Bertz CT molecular complexity index is 284. The van der Waals surface area contributed by atoms with Crippen molar-refractivity contribution in [3.8, 4) is 0 Å². The van der Waals surface area contributed by atoms with Crippen LogP contribution in [0.2, 0.25) is 0 Å². The fourth-order valence-corrected chi connectivity index (χ4v) is 1.45. The van der Waals surface area contributed by atoms with Gasteiger partial charge in [0.05, 0.1) is 23.8 Å². The predicted molar refractivity (Wildman–Crippen MR) is 61.0 cm³/mol. The molecule has 0 spiro atoms. The standard InChI is InChI=1S/C10H16N2OS/c1-3-12(8(2)10(11)14)7-9-5-4-6-13-9/h4-6,8H,3,7H2,1-2H3,(H2,11,14). The number of rotatable bonds is 5. The van der Waals surface area contributed by atoms with Crippen LogP contribution in [0.5, 0.6) is 0 Å². The van der Waals surface area contributed by atoms with Gasteiger partial charge >= 0.3 is 0 Å². The zero-order valence-electron chi connectivity index (χ0n) is 8.56. The smallest absolute Gasteiger partial charge is 0.117 e. The van der Waals surface area contributed by atoms with E-state index in [0.29, 0.717) is 4.99 Å². The van der Waals surface area contributed by atoms with Gasteiger partial charge < -0.3 is 10.2 Å². The molecule has 0 aliphatic carbocycles. The molecule has 4 heteroatoms. The summed E-state index contributed by atoms with van der Waals surface area (Å²) < 4.78 is 5.27. The van der Waals surface area contributed by atoms with Crippen molar-refractivity contribution in [1.82, 2.24) is 4.90 Å². The Balaban J connectivity index is 2.59. The third kappa shape index (κ3) is 2.82. The van der Waals surface area contributed by atoms with Crippen molar-refractivity contribution < 1.29 is 4.42 Å². The second-order valence-corrected chi connectivity index (χ2v) is 3.69.